The Morgan fingerprint density at radius 1 is 1.14 bits per heavy atom. The van der Waals surface area contributed by atoms with Crippen molar-refractivity contribution >= 4 is 5.91 Å². The number of benzene rings is 1. The van der Waals surface area contributed by atoms with Gasteiger partial charge in [-0.25, -0.2) is 0 Å². The number of pyridine rings is 1. The van der Waals surface area contributed by atoms with E-state index in [1.54, 1.807) is 18.5 Å². The third-order valence-electron chi connectivity index (χ3n) is 6.63. The molecule has 4 atom stereocenters. The van der Waals surface area contributed by atoms with E-state index in [0.29, 0.717) is 31.4 Å². The van der Waals surface area contributed by atoms with Crippen molar-refractivity contribution in [2.75, 3.05) is 26.3 Å². The summed E-state index contributed by atoms with van der Waals surface area (Å²) in [5.74, 6) is -0.0875. The topological polar surface area (TPSA) is 83.9 Å². The van der Waals surface area contributed by atoms with Gasteiger partial charge in [0.2, 0.25) is 5.91 Å². The minimum absolute atomic E-state index is 0.0875. The Balaban J connectivity index is 1.34. The number of hydrogen-bond acceptors (Lipinski definition) is 6. The number of nitrogens with zero attached hydrogens (tertiary/aromatic N) is 2. The molecule has 0 bridgehead atoms. The number of ether oxygens (including phenoxy) is 2. The summed E-state index contributed by atoms with van der Waals surface area (Å²) in [4.78, 5) is 18.4. The van der Waals surface area contributed by atoms with Crippen LogP contribution >= 0.6 is 0 Å². The first-order valence-electron chi connectivity index (χ1n) is 12.2. The fourth-order valence-corrected chi connectivity index (χ4v) is 4.88. The molecule has 1 aromatic carbocycles. The number of carbonyl (C=O) groups excluding carboxylic acids is 1. The first kappa shape index (κ1) is 26.5. The van der Waals surface area contributed by atoms with Gasteiger partial charge in [-0.2, -0.15) is 13.2 Å². The van der Waals surface area contributed by atoms with Crippen molar-refractivity contribution in [3.05, 3.63) is 65.5 Å². The number of halogens is 3. The number of aliphatic hydroxyl groups is 1. The van der Waals surface area contributed by atoms with Crippen molar-refractivity contribution < 1.29 is 32.5 Å². The second-order valence-electron chi connectivity index (χ2n) is 9.42. The number of fused-ring (bicyclic) bond motifs is 1. The van der Waals surface area contributed by atoms with Gasteiger partial charge >= 0.3 is 6.18 Å². The number of carbonyl (C=O) groups is 1. The zero-order valence-electron chi connectivity index (χ0n) is 20.0. The molecule has 10 heteroatoms. The van der Waals surface area contributed by atoms with Crippen LogP contribution in [0.4, 0.5) is 13.2 Å². The van der Waals surface area contributed by atoms with Gasteiger partial charge in [-0.3, -0.25) is 14.7 Å². The molecular weight excluding hydrogens is 475 g/mol. The number of β-amino-alcohol motifs (C(OH)–C–C–N with tert-alkyl or cyclic N) is 1. The predicted octanol–water partition coefficient (Wildman–Crippen LogP) is 2.96. The van der Waals surface area contributed by atoms with Crippen LogP contribution in [-0.2, 0) is 33.4 Å². The van der Waals surface area contributed by atoms with Crippen LogP contribution in [0.15, 0.2) is 48.8 Å². The summed E-state index contributed by atoms with van der Waals surface area (Å²) < 4.78 is 51.4. The van der Waals surface area contributed by atoms with Crippen molar-refractivity contribution in [1.29, 1.82) is 0 Å². The Kier molecular flexibility index (Phi) is 8.95. The van der Waals surface area contributed by atoms with Crippen LogP contribution in [-0.4, -0.2) is 71.6 Å². The van der Waals surface area contributed by atoms with Gasteiger partial charge in [0.05, 0.1) is 43.5 Å². The van der Waals surface area contributed by atoms with Crippen molar-refractivity contribution in [2.24, 2.45) is 0 Å². The molecule has 0 radical (unpaired) electrons. The Morgan fingerprint density at radius 3 is 2.72 bits per heavy atom. The van der Waals surface area contributed by atoms with E-state index >= 15 is 0 Å². The monoisotopic (exact) mass is 507 g/mol. The highest BCUT2D eigenvalue weighted by molar-refractivity contribution is 5.76. The van der Waals surface area contributed by atoms with Gasteiger partial charge in [-0.15, -0.1) is 0 Å². The maximum Gasteiger partial charge on any atom is 0.416 e. The molecule has 0 spiro atoms. The minimum atomic E-state index is -4.41. The molecule has 2 N–H and O–H groups in total. The molecule has 2 saturated heterocycles. The quantitative estimate of drug-likeness (QED) is 0.600. The Bertz CT molecular complexity index is 992. The number of alkyl halides is 3. The molecule has 0 aliphatic carbocycles. The summed E-state index contributed by atoms with van der Waals surface area (Å²) in [6.45, 7) is 1.41. The zero-order chi connectivity index (χ0) is 25.5. The van der Waals surface area contributed by atoms with E-state index < -0.39 is 17.8 Å². The predicted molar refractivity (Wildman–Crippen MR) is 126 cm³/mol. The van der Waals surface area contributed by atoms with Crippen molar-refractivity contribution in [2.45, 2.75) is 62.8 Å². The molecule has 7 nitrogen and oxygen atoms in total. The summed E-state index contributed by atoms with van der Waals surface area (Å²) in [6, 6.07) is 8.95. The van der Waals surface area contributed by atoms with Crippen molar-refractivity contribution in [3.8, 4) is 0 Å². The lowest BCUT2D eigenvalue weighted by Crippen LogP contribution is -2.55. The van der Waals surface area contributed by atoms with Crippen LogP contribution in [0.1, 0.15) is 36.0 Å². The molecule has 0 unspecified atom stereocenters. The molecule has 196 valence electrons. The fourth-order valence-electron chi connectivity index (χ4n) is 4.88. The van der Waals surface area contributed by atoms with E-state index in [9.17, 15) is 23.1 Å². The van der Waals surface area contributed by atoms with E-state index in [1.165, 1.54) is 6.07 Å². The summed E-state index contributed by atoms with van der Waals surface area (Å²) >= 11 is 0. The number of amides is 1. The highest BCUT2D eigenvalue weighted by Crippen LogP contribution is 2.32. The van der Waals surface area contributed by atoms with E-state index in [-0.39, 0.29) is 56.9 Å². The summed E-state index contributed by atoms with van der Waals surface area (Å²) in [7, 11) is 0. The Labute approximate surface area is 208 Å². The second kappa shape index (κ2) is 12.1. The summed E-state index contributed by atoms with van der Waals surface area (Å²) in [6.07, 6.45) is -0.0692. The summed E-state index contributed by atoms with van der Waals surface area (Å²) in [5.41, 5.74) is 0.923. The van der Waals surface area contributed by atoms with Crippen LogP contribution < -0.4 is 5.32 Å². The smallest absolute Gasteiger partial charge is 0.389 e. The Hall–Kier alpha value is -2.53. The standard InChI is InChI=1S/C26H32F3N3O4/c27-26(28,29)20-3-1-2-19(12-20)14-32-15-21(33)16-35-17-24-23(32)5-4-22(36-24)13-25(34)31-11-8-18-6-9-30-10-7-18/h1-3,6-7,9-10,12,21-24,33H,4-5,8,11,13-17H2,(H,31,34)/t21-,22+,23+,24-/m0/s1. The van der Waals surface area contributed by atoms with E-state index in [0.717, 1.165) is 17.7 Å². The van der Waals surface area contributed by atoms with Crippen LogP contribution in [0, 0.1) is 0 Å². The number of aromatic nitrogens is 1. The molecule has 2 aliphatic heterocycles. The van der Waals surface area contributed by atoms with Crippen molar-refractivity contribution in [3.63, 3.8) is 0 Å². The van der Waals surface area contributed by atoms with E-state index in [2.05, 4.69) is 10.3 Å². The number of rotatable bonds is 7. The fraction of sp³-hybridized carbons (Fsp3) is 0.538. The van der Waals surface area contributed by atoms with Crippen molar-refractivity contribution in [1.82, 2.24) is 15.2 Å². The van der Waals surface area contributed by atoms with Gasteiger partial charge < -0.3 is 19.9 Å². The molecular formula is C26H32F3N3O4. The molecule has 2 fully saturated rings. The summed E-state index contributed by atoms with van der Waals surface area (Å²) in [5, 5.41) is 13.3. The molecule has 1 aromatic heterocycles. The number of nitrogens with one attached hydrogen (secondary N) is 1. The normalized spacial score (nSPS) is 25.4. The van der Waals surface area contributed by atoms with Crippen LogP contribution in [0.5, 0.6) is 0 Å². The molecule has 3 heterocycles. The van der Waals surface area contributed by atoms with E-state index in [4.69, 9.17) is 9.47 Å². The van der Waals surface area contributed by atoms with Gasteiger partial charge in [0.1, 0.15) is 0 Å². The highest BCUT2D eigenvalue weighted by atomic mass is 19.4. The highest BCUT2D eigenvalue weighted by Gasteiger charge is 2.38. The number of aliphatic hydroxyl groups excluding tert-OH is 1. The maximum absolute atomic E-state index is 13.2. The second-order valence-corrected chi connectivity index (χ2v) is 9.42. The average Bonchev–Trinajstić information content (AvgIpc) is 2.83. The SMILES string of the molecule is O=C(C[C@H]1CC[C@@H]2[C@H](COC[C@@H](O)CN2Cc2cccc(C(F)(F)F)c2)O1)NCCc1ccncc1. The lowest BCUT2D eigenvalue weighted by atomic mass is 9.94. The van der Waals surface area contributed by atoms with E-state index in [1.807, 2.05) is 17.0 Å². The molecule has 4 rings (SSSR count). The average molecular weight is 508 g/mol. The Morgan fingerprint density at radius 2 is 1.94 bits per heavy atom. The van der Waals surface area contributed by atoms with Crippen LogP contribution in [0.3, 0.4) is 0 Å². The maximum atomic E-state index is 13.2. The molecule has 36 heavy (non-hydrogen) atoms. The molecule has 0 saturated carbocycles. The lowest BCUT2D eigenvalue weighted by Gasteiger charge is -2.44. The third kappa shape index (κ3) is 7.49. The minimum Gasteiger partial charge on any atom is -0.389 e. The first-order chi connectivity index (χ1) is 17.3. The lowest BCUT2D eigenvalue weighted by molar-refractivity contribution is -0.158. The van der Waals surface area contributed by atoms with Gasteiger partial charge in [0.25, 0.3) is 0 Å². The van der Waals surface area contributed by atoms with Crippen LogP contribution in [0.25, 0.3) is 0 Å². The first-order valence-corrected chi connectivity index (χ1v) is 12.2. The molecule has 2 aromatic rings. The van der Waals surface area contributed by atoms with Crippen LogP contribution in [0.2, 0.25) is 0 Å². The largest absolute Gasteiger partial charge is 0.416 e. The van der Waals surface area contributed by atoms with Gasteiger partial charge in [0, 0.05) is 38.1 Å². The molecule has 1 amide bonds. The third-order valence-corrected chi connectivity index (χ3v) is 6.63. The van der Waals surface area contributed by atoms with Gasteiger partial charge in [-0.1, -0.05) is 18.2 Å². The molecule has 2 aliphatic rings. The van der Waals surface area contributed by atoms with Gasteiger partial charge in [-0.05, 0) is 48.6 Å². The van der Waals surface area contributed by atoms with Gasteiger partial charge in [0.15, 0.2) is 0 Å². The number of hydrogen-bond donors (Lipinski definition) is 2. The zero-order valence-corrected chi connectivity index (χ0v) is 20.0.